The molecule has 2 amide bonds. The molecule has 11 heteroatoms. The first-order valence-corrected chi connectivity index (χ1v) is 15.9. The Morgan fingerprint density at radius 2 is 1.93 bits per heavy atom. The first-order chi connectivity index (χ1) is 19.9. The third kappa shape index (κ3) is 7.05. The van der Waals surface area contributed by atoms with Crippen molar-refractivity contribution < 1.29 is 39.0 Å². The number of phenolic OH excluding ortho intramolecular Hbond substituents is 1. The number of allylic oxidation sites excluding steroid dienone is 2. The van der Waals surface area contributed by atoms with E-state index in [4.69, 9.17) is 14.5 Å². The molecule has 2 aliphatic heterocycles. The van der Waals surface area contributed by atoms with Gasteiger partial charge in [0.1, 0.15) is 0 Å². The van der Waals surface area contributed by atoms with Crippen LogP contribution in [0, 0.1) is 27.2 Å². The molecule has 0 radical (unpaired) electrons. The van der Waals surface area contributed by atoms with Crippen molar-refractivity contribution in [3.05, 3.63) is 38.0 Å². The van der Waals surface area contributed by atoms with E-state index in [2.05, 4.69) is 36.4 Å². The van der Waals surface area contributed by atoms with Crippen LogP contribution < -0.4 is 4.74 Å². The molecule has 42 heavy (non-hydrogen) atoms. The lowest BCUT2D eigenvalue weighted by Gasteiger charge is -2.44. The van der Waals surface area contributed by atoms with Gasteiger partial charge in [-0.05, 0) is 103 Å². The number of rotatable bonds is 12. The number of hydrogen-bond donors (Lipinski definition) is 3. The number of aliphatic carboxylic acids is 1. The van der Waals surface area contributed by atoms with Crippen molar-refractivity contribution >= 4 is 53.6 Å². The second kappa shape index (κ2) is 13.9. The van der Waals surface area contributed by atoms with Gasteiger partial charge in [0.2, 0.25) is 11.8 Å². The normalized spacial score (nSPS) is 24.4. The van der Waals surface area contributed by atoms with Crippen LogP contribution in [0.3, 0.4) is 0 Å². The molecule has 2 saturated heterocycles. The Kier molecular flexibility index (Phi) is 10.8. The van der Waals surface area contributed by atoms with Gasteiger partial charge >= 0.3 is 13.1 Å². The van der Waals surface area contributed by atoms with Gasteiger partial charge in [-0.25, -0.2) is 0 Å². The van der Waals surface area contributed by atoms with Crippen LogP contribution in [0.2, 0.25) is 6.32 Å². The molecule has 1 aliphatic carbocycles. The highest BCUT2D eigenvalue weighted by Crippen LogP contribution is 2.52. The van der Waals surface area contributed by atoms with Crippen LogP contribution in [0.1, 0.15) is 71.3 Å². The minimum Gasteiger partial charge on any atom is -0.504 e. The van der Waals surface area contributed by atoms with Crippen molar-refractivity contribution in [3.63, 3.8) is 0 Å². The zero-order valence-electron chi connectivity index (χ0n) is 24.8. The van der Waals surface area contributed by atoms with Crippen LogP contribution in [0.15, 0.2) is 28.9 Å². The van der Waals surface area contributed by atoms with Crippen LogP contribution >= 0.6 is 22.6 Å². The van der Waals surface area contributed by atoms with Gasteiger partial charge in [-0.1, -0.05) is 37.5 Å². The fourth-order valence-corrected chi connectivity index (χ4v) is 7.43. The molecule has 2 fully saturated rings. The first-order valence-electron chi connectivity index (χ1n) is 14.8. The Labute approximate surface area is 261 Å². The molecule has 228 valence electrons. The van der Waals surface area contributed by atoms with Crippen LogP contribution in [0.5, 0.6) is 11.5 Å². The molecule has 0 aromatic heterocycles. The zero-order valence-corrected chi connectivity index (χ0v) is 26.9. The maximum absolute atomic E-state index is 13.7. The Morgan fingerprint density at radius 1 is 1.19 bits per heavy atom. The number of carboxylic acids is 1. The summed E-state index contributed by atoms with van der Waals surface area (Å²) in [6.07, 6.45) is 5.63. The fraction of sp³-hybridized carbons (Fsp3) is 0.581. The third-order valence-corrected chi connectivity index (χ3v) is 9.61. The highest BCUT2D eigenvalue weighted by atomic mass is 127. The summed E-state index contributed by atoms with van der Waals surface area (Å²) in [5.74, 6) is -1.65. The van der Waals surface area contributed by atoms with Crippen LogP contribution in [-0.4, -0.2) is 64.8 Å². The predicted molar refractivity (Wildman–Crippen MR) is 168 cm³/mol. The monoisotopic (exact) mass is 693 g/mol. The maximum Gasteiger partial charge on any atom is 0.455 e. The number of ether oxygens (including phenoxy) is 1. The second-order valence-corrected chi connectivity index (χ2v) is 13.2. The molecular formula is C31H41BINO8. The Hall–Kier alpha value is -2.38. The standard InChI is InChI=1S/C31H41BINO8/c1-17(2)20-15-21-28(31(39)34(30(21)38)11-7-5-6-8-26(35)36)22-16-32(40)42-24(27(20)22)10-9-18(3)12-19-13-23(33)29(37)25(14-19)41-4/h12-14,17,21-22,24,28,37,40H,5-11,15-16H2,1-4H3,(H,35,36)/b18-12+/t21-,22+,24-,28-/m1/s1. The van der Waals surface area contributed by atoms with Crippen LogP contribution in [0.25, 0.3) is 6.08 Å². The lowest BCUT2D eigenvalue weighted by atomic mass is 9.57. The molecule has 4 atom stereocenters. The molecular weight excluding hydrogens is 652 g/mol. The molecule has 0 bridgehead atoms. The number of benzene rings is 1. The molecule has 2 heterocycles. The number of aromatic hydroxyl groups is 1. The van der Waals surface area contributed by atoms with Gasteiger partial charge in [-0.15, -0.1) is 0 Å². The number of carbonyl (C=O) groups excluding carboxylic acids is 2. The number of halogens is 1. The van der Waals surface area contributed by atoms with E-state index < -0.39 is 24.9 Å². The number of carboxylic acid groups (broad SMARTS) is 1. The van der Waals surface area contributed by atoms with Crippen molar-refractivity contribution in [1.82, 2.24) is 4.90 Å². The van der Waals surface area contributed by atoms with Crippen LogP contribution in [-0.2, 0) is 19.0 Å². The quantitative estimate of drug-likeness (QED) is 0.0886. The Bertz CT molecular complexity index is 1280. The van der Waals surface area contributed by atoms with Gasteiger partial charge in [0, 0.05) is 13.0 Å². The molecule has 0 spiro atoms. The van der Waals surface area contributed by atoms with E-state index in [-0.39, 0.29) is 48.2 Å². The number of phenols is 1. The summed E-state index contributed by atoms with van der Waals surface area (Å²) in [5, 5.41) is 29.8. The van der Waals surface area contributed by atoms with Gasteiger partial charge in [0.25, 0.3) is 0 Å². The molecule has 9 nitrogen and oxygen atoms in total. The minimum absolute atomic E-state index is 0.0800. The SMILES string of the molecule is COc1cc(/C=C(\C)CC[C@H]2OB(O)C[C@H]3C2=C(C(C)C)C[C@H]2C(=O)N(CCCCCC(=O)O)C(=O)[C@H]23)cc(I)c1O. The molecule has 1 aromatic carbocycles. The third-order valence-electron chi connectivity index (χ3n) is 8.79. The van der Waals surface area contributed by atoms with E-state index in [1.807, 2.05) is 19.1 Å². The lowest BCUT2D eigenvalue weighted by molar-refractivity contribution is -0.141. The smallest absolute Gasteiger partial charge is 0.455 e. The number of carbonyl (C=O) groups is 3. The summed E-state index contributed by atoms with van der Waals surface area (Å²) < 4.78 is 12.1. The van der Waals surface area contributed by atoms with Gasteiger partial charge in [0.05, 0.1) is 28.6 Å². The van der Waals surface area contributed by atoms with E-state index in [1.54, 1.807) is 6.07 Å². The largest absolute Gasteiger partial charge is 0.504 e. The van der Waals surface area contributed by atoms with E-state index in [0.29, 0.717) is 54.4 Å². The number of methoxy groups -OCH3 is 1. The number of amides is 2. The molecule has 1 aromatic rings. The predicted octanol–water partition coefficient (Wildman–Crippen LogP) is 5.29. The number of unbranched alkanes of at least 4 members (excludes halogenated alkanes) is 2. The van der Waals surface area contributed by atoms with Crippen molar-refractivity contribution in [3.8, 4) is 11.5 Å². The summed E-state index contributed by atoms with van der Waals surface area (Å²) in [6.45, 7) is 6.55. The topological polar surface area (TPSA) is 134 Å². The van der Waals surface area contributed by atoms with E-state index >= 15 is 0 Å². The first kappa shape index (κ1) is 32.5. The van der Waals surface area contributed by atoms with Gasteiger partial charge in [0.15, 0.2) is 11.5 Å². The number of imide groups is 1. The van der Waals surface area contributed by atoms with E-state index in [9.17, 15) is 24.5 Å². The average Bonchev–Trinajstić information content (AvgIpc) is 3.17. The summed E-state index contributed by atoms with van der Waals surface area (Å²) in [5.41, 5.74) is 4.24. The lowest BCUT2D eigenvalue weighted by Crippen LogP contribution is -2.46. The zero-order chi connectivity index (χ0) is 30.7. The molecule has 3 N–H and O–H groups in total. The Morgan fingerprint density at radius 3 is 2.60 bits per heavy atom. The number of hydrogen-bond acceptors (Lipinski definition) is 7. The van der Waals surface area contributed by atoms with Crippen molar-refractivity contribution in [2.75, 3.05) is 13.7 Å². The number of likely N-dealkylation sites (tertiary alicyclic amines) is 1. The van der Waals surface area contributed by atoms with E-state index in [1.165, 1.54) is 12.0 Å². The fourth-order valence-electron chi connectivity index (χ4n) is 6.81. The van der Waals surface area contributed by atoms with E-state index in [0.717, 1.165) is 22.3 Å². The number of fused-ring (bicyclic) bond motifs is 3. The van der Waals surface area contributed by atoms with Gasteiger partial charge in [-0.2, -0.15) is 0 Å². The van der Waals surface area contributed by atoms with Crippen molar-refractivity contribution in [1.29, 1.82) is 0 Å². The summed E-state index contributed by atoms with van der Waals surface area (Å²) in [4.78, 5) is 39.3. The van der Waals surface area contributed by atoms with Crippen molar-refractivity contribution in [2.45, 2.75) is 78.1 Å². The Balaban J connectivity index is 1.52. The van der Waals surface area contributed by atoms with Gasteiger partial charge < -0.3 is 24.6 Å². The highest BCUT2D eigenvalue weighted by molar-refractivity contribution is 14.1. The summed E-state index contributed by atoms with van der Waals surface area (Å²) in [6, 6.07) is 3.68. The van der Waals surface area contributed by atoms with Gasteiger partial charge in [-0.3, -0.25) is 19.3 Å². The van der Waals surface area contributed by atoms with Crippen molar-refractivity contribution in [2.24, 2.45) is 23.7 Å². The van der Waals surface area contributed by atoms with Crippen LogP contribution in [0.4, 0.5) is 0 Å². The molecule has 3 aliphatic rings. The average molecular weight is 693 g/mol. The molecule has 0 saturated carbocycles. The summed E-state index contributed by atoms with van der Waals surface area (Å²) in [7, 11) is 0.503. The number of nitrogens with zero attached hydrogens (tertiary/aromatic N) is 1. The molecule has 4 rings (SSSR count). The highest BCUT2D eigenvalue weighted by Gasteiger charge is 2.57. The maximum atomic E-state index is 13.7. The molecule has 0 unspecified atom stereocenters. The minimum atomic E-state index is -1.02. The summed E-state index contributed by atoms with van der Waals surface area (Å²) >= 11 is 2.07. The second-order valence-electron chi connectivity index (χ2n) is 12.0.